The van der Waals surface area contributed by atoms with E-state index in [1.165, 1.54) is 12.8 Å². The molecule has 0 unspecified atom stereocenters. The van der Waals surface area contributed by atoms with Crippen molar-refractivity contribution >= 4 is 11.0 Å². The molecule has 0 amide bonds. The number of nitrogens with one attached hydrogen (secondary N) is 2. The number of fused-ring (bicyclic) bond motifs is 1. The standard InChI is InChI=1S/C22H24N4O2.C2H7N/c1-15-21(27-14-17-2-4-18(12-23)25-13-17)7-5-19-20(26-28-22(15)19)6-3-16-8-10-24-11-9-16;1-3-2/h2,4-5,7,13,16,24H,3,6,8-11,14H2,1H3;3H,1-2H3. The molecule has 7 nitrogen and oxygen atoms in total. The van der Waals surface area contributed by atoms with Crippen molar-refractivity contribution in [1.29, 1.82) is 5.26 Å². The van der Waals surface area contributed by atoms with Crippen LogP contribution >= 0.6 is 0 Å². The molecule has 0 saturated carbocycles. The number of piperidine rings is 1. The molecule has 2 N–H and O–H groups in total. The predicted molar refractivity (Wildman–Crippen MR) is 121 cm³/mol. The summed E-state index contributed by atoms with van der Waals surface area (Å²) in [5.41, 5.74) is 4.12. The molecule has 3 heterocycles. The summed E-state index contributed by atoms with van der Waals surface area (Å²) >= 11 is 0. The summed E-state index contributed by atoms with van der Waals surface area (Å²) in [5.74, 6) is 1.55. The molecule has 1 aliphatic rings. The van der Waals surface area contributed by atoms with Crippen LogP contribution in [0.1, 0.15) is 41.8 Å². The molecule has 4 rings (SSSR count). The summed E-state index contributed by atoms with van der Waals surface area (Å²) in [6, 6.07) is 9.60. The summed E-state index contributed by atoms with van der Waals surface area (Å²) in [5, 5.41) is 20.4. The minimum Gasteiger partial charge on any atom is -0.488 e. The zero-order valence-corrected chi connectivity index (χ0v) is 18.6. The van der Waals surface area contributed by atoms with Gasteiger partial charge in [-0.2, -0.15) is 5.26 Å². The Bertz CT molecular complexity index is 1000. The van der Waals surface area contributed by atoms with Crippen molar-refractivity contribution in [3.63, 3.8) is 0 Å². The number of rotatable bonds is 6. The number of hydrogen-bond donors (Lipinski definition) is 2. The average Bonchev–Trinajstić information content (AvgIpc) is 3.23. The van der Waals surface area contributed by atoms with Crippen LogP contribution in [0, 0.1) is 24.2 Å². The number of benzene rings is 1. The van der Waals surface area contributed by atoms with E-state index < -0.39 is 0 Å². The molecule has 0 aliphatic carbocycles. The number of hydrogen-bond acceptors (Lipinski definition) is 7. The van der Waals surface area contributed by atoms with Gasteiger partial charge in [-0.25, -0.2) is 4.98 Å². The van der Waals surface area contributed by atoms with Gasteiger partial charge in [0.1, 0.15) is 24.1 Å². The van der Waals surface area contributed by atoms with Crippen LogP contribution in [0.5, 0.6) is 5.75 Å². The van der Waals surface area contributed by atoms with E-state index in [9.17, 15) is 0 Å². The van der Waals surface area contributed by atoms with E-state index in [4.69, 9.17) is 14.5 Å². The Hall–Kier alpha value is -2.95. The number of nitriles is 1. The summed E-state index contributed by atoms with van der Waals surface area (Å²) in [7, 11) is 3.75. The summed E-state index contributed by atoms with van der Waals surface area (Å²) < 4.78 is 11.6. The first kappa shape index (κ1) is 22.7. The van der Waals surface area contributed by atoms with Crippen molar-refractivity contribution < 1.29 is 9.26 Å². The van der Waals surface area contributed by atoms with Gasteiger partial charge in [0.15, 0.2) is 5.58 Å². The monoisotopic (exact) mass is 421 g/mol. The van der Waals surface area contributed by atoms with Crippen LogP contribution in [0.2, 0.25) is 0 Å². The average molecular weight is 422 g/mol. The zero-order valence-electron chi connectivity index (χ0n) is 18.6. The highest BCUT2D eigenvalue weighted by Crippen LogP contribution is 2.31. The lowest BCUT2D eigenvalue weighted by molar-refractivity contribution is 0.303. The van der Waals surface area contributed by atoms with E-state index in [1.54, 1.807) is 12.3 Å². The largest absolute Gasteiger partial charge is 0.488 e. The van der Waals surface area contributed by atoms with E-state index in [0.29, 0.717) is 12.3 Å². The van der Waals surface area contributed by atoms with Gasteiger partial charge in [-0.05, 0) is 83.9 Å². The number of pyridine rings is 1. The number of ether oxygens (including phenoxy) is 1. The summed E-state index contributed by atoms with van der Waals surface area (Å²) in [6.07, 6.45) is 6.27. The molecule has 1 aromatic carbocycles. The highest BCUT2D eigenvalue weighted by Gasteiger charge is 2.17. The van der Waals surface area contributed by atoms with E-state index in [-0.39, 0.29) is 0 Å². The van der Waals surface area contributed by atoms with Crippen LogP contribution < -0.4 is 15.4 Å². The maximum absolute atomic E-state index is 8.82. The first-order valence-corrected chi connectivity index (χ1v) is 10.8. The summed E-state index contributed by atoms with van der Waals surface area (Å²) in [6.45, 7) is 4.63. The van der Waals surface area contributed by atoms with Crippen molar-refractivity contribution in [2.24, 2.45) is 5.92 Å². The highest BCUT2D eigenvalue weighted by atomic mass is 16.5. The molecule has 1 fully saturated rings. The van der Waals surface area contributed by atoms with Crippen LogP contribution in [0.15, 0.2) is 35.0 Å². The van der Waals surface area contributed by atoms with E-state index in [1.807, 2.05) is 45.3 Å². The SMILES string of the molecule is CNC.Cc1c(OCc2ccc(C#N)nc2)ccc2c(CCC3CCNCC3)noc12. The second kappa shape index (κ2) is 11.4. The molecular formula is C24H31N5O2. The Morgan fingerprint density at radius 2 is 2.00 bits per heavy atom. The minimum absolute atomic E-state index is 0.391. The summed E-state index contributed by atoms with van der Waals surface area (Å²) in [4.78, 5) is 4.07. The fourth-order valence-electron chi connectivity index (χ4n) is 3.75. The lowest BCUT2D eigenvalue weighted by atomic mass is 9.92. The van der Waals surface area contributed by atoms with Crippen LogP contribution in [0.25, 0.3) is 11.0 Å². The van der Waals surface area contributed by atoms with Crippen LogP contribution in [-0.4, -0.2) is 37.3 Å². The van der Waals surface area contributed by atoms with Gasteiger partial charge in [-0.15, -0.1) is 0 Å². The molecule has 164 valence electrons. The zero-order chi connectivity index (χ0) is 22.1. The fraction of sp³-hybridized carbons (Fsp3) is 0.458. The normalized spacial score (nSPS) is 14.0. The first-order chi connectivity index (χ1) is 15.2. The van der Waals surface area contributed by atoms with Gasteiger partial charge in [0, 0.05) is 22.7 Å². The predicted octanol–water partition coefficient (Wildman–Crippen LogP) is 3.75. The van der Waals surface area contributed by atoms with Crippen molar-refractivity contribution in [3.05, 3.63) is 53.0 Å². The molecule has 31 heavy (non-hydrogen) atoms. The van der Waals surface area contributed by atoms with Gasteiger partial charge in [0.05, 0.1) is 5.69 Å². The third-order valence-electron chi connectivity index (χ3n) is 5.50. The van der Waals surface area contributed by atoms with Crippen molar-refractivity contribution in [2.45, 2.75) is 39.2 Å². The van der Waals surface area contributed by atoms with Crippen molar-refractivity contribution in [1.82, 2.24) is 20.8 Å². The first-order valence-electron chi connectivity index (χ1n) is 10.8. The molecule has 1 aliphatic heterocycles. The molecule has 1 saturated heterocycles. The number of aryl methyl sites for hydroxylation is 2. The van der Waals surface area contributed by atoms with E-state index >= 15 is 0 Å². The van der Waals surface area contributed by atoms with Gasteiger partial charge in [-0.3, -0.25) is 0 Å². The Kier molecular flexibility index (Phi) is 8.39. The number of aromatic nitrogens is 2. The molecular weight excluding hydrogens is 390 g/mol. The van der Waals surface area contributed by atoms with Gasteiger partial charge in [0.2, 0.25) is 0 Å². The lowest BCUT2D eigenvalue weighted by Crippen LogP contribution is -2.27. The molecule has 0 spiro atoms. The topological polar surface area (TPSA) is 96.0 Å². The Morgan fingerprint density at radius 3 is 2.68 bits per heavy atom. The van der Waals surface area contributed by atoms with Crippen LogP contribution in [-0.2, 0) is 13.0 Å². The minimum atomic E-state index is 0.391. The smallest absolute Gasteiger partial charge is 0.173 e. The van der Waals surface area contributed by atoms with Gasteiger partial charge < -0.3 is 19.9 Å². The van der Waals surface area contributed by atoms with Gasteiger partial charge in [0.25, 0.3) is 0 Å². The van der Waals surface area contributed by atoms with Crippen molar-refractivity contribution in [2.75, 3.05) is 27.2 Å². The van der Waals surface area contributed by atoms with E-state index in [2.05, 4.69) is 20.8 Å². The second-order valence-corrected chi connectivity index (χ2v) is 7.88. The molecule has 2 aromatic heterocycles. The lowest BCUT2D eigenvalue weighted by Gasteiger charge is -2.21. The highest BCUT2D eigenvalue weighted by molar-refractivity contribution is 5.84. The molecule has 3 aromatic rings. The molecule has 0 bridgehead atoms. The quantitative estimate of drug-likeness (QED) is 0.626. The Balaban J connectivity index is 0.000000858. The van der Waals surface area contributed by atoms with Crippen LogP contribution in [0.4, 0.5) is 0 Å². The molecule has 0 atom stereocenters. The third kappa shape index (κ3) is 6.03. The Labute approximate surface area is 183 Å². The maximum Gasteiger partial charge on any atom is 0.173 e. The van der Waals surface area contributed by atoms with Crippen LogP contribution in [0.3, 0.4) is 0 Å². The third-order valence-corrected chi connectivity index (χ3v) is 5.50. The second-order valence-electron chi connectivity index (χ2n) is 7.88. The van der Waals surface area contributed by atoms with Gasteiger partial charge in [-0.1, -0.05) is 11.2 Å². The van der Waals surface area contributed by atoms with E-state index in [0.717, 1.165) is 65.4 Å². The van der Waals surface area contributed by atoms with Crippen molar-refractivity contribution in [3.8, 4) is 11.8 Å². The maximum atomic E-state index is 8.82. The Morgan fingerprint density at radius 1 is 1.23 bits per heavy atom. The molecule has 7 heteroatoms. The molecule has 0 radical (unpaired) electrons. The fourth-order valence-corrected chi connectivity index (χ4v) is 3.75. The number of nitrogens with zero attached hydrogens (tertiary/aromatic N) is 3. The van der Waals surface area contributed by atoms with Gasteiger partial charge >= 0.3 is 0 Å².